The molecule has 3 unspecified atom stereocenters. The molecule has 1 amide bonds. The minimum absolute atomic E-state index is 0.142. The van der Waals surface area contributed by atoms with E-state index in [4.69, 9.17) is 0 Å². The van der Waals surface area contributed by atoms with Gasteiger partial charge in [-0.05, 0) is 36.5 Å². The van der Waals surface area contributed by atoms with Crippen molar-refractivity contribution in [3.05, 3.63) is 41.5 Å². The number of nitrogens with one attached hydrogen (secondary N) is 3. The van der Waals surface area contributed by atoms with Gasteiger partial charge in [-0.25, -0.2) is 0 Å². The van der Waals surface area contributed by atoms with Crippen molar-refractivity contribution >= 4 is 12.0 Å². The first-order valence-corrected chi connectivity index (χ1v) is 9.60. The van der Waals surface area contributed by atoms with Crippen LogP contribution in [0.15, 0.2) is 30.3 Å². The molecule has 5 heteroatoms. The van der Waals surface area contributed by atoms with Gasteiger partial charge in [0.15, 0.2) is 0 Å². The third-order valence-electron chi connectivity index (χ3n) is 5.77. The summed E-state index contributed by atoms with van der Waals surface area (Å²) in [5, 5.41) is 3.28. The Morgan fingerprint density at radius 3 is 2.60 bits per heavy atom. The lowest BCUT2D eigenvalue weighted by Gasteiger charge is -2.27. The fourth-order valence-electron chi connectivity index (χ4n) is 4.27. The molecule has 2 aliphatic heterocycles. The van der Waals surface area contributed by atoms with Crippen molar-refractivity contribution in [2.75, 3.05) is 26.2 Å². The van der Waals surface area contributed by atoms with Gasteiger partial charge < -0.3 is 10.2 Å². The van der Waals surface area contributed by atoms with Gasteiger partial charge in [0.2, 0.25) is 0 Å². The number of benzene rings is 1. The van der Waals surface area contributed by atoms with Crippen molar-refractivity contribution in [3.8, 4) is 0 Å². The highest BCUT2D eigenvalue weighted by Gasteiger charge is 2.35. The average Bonchev–Trinajstić information content (AvgIpc) is 3.10. The topological polar surface area (TPSA) is 56.4 Å². The summed E-state index contributed by atoms with van der Waals surface area (Å²) in [6, 6.07) is 9.04. The molecule has 0 aromatic heterocycles. The summed E-state index contributed by atoms with van der Waals surface area (Å²) in [6.45, 7) is 3.36. The number of hydrogen-bond donors (Lipinski definition) is 3. The van der Waals surface area contributed by atoms with E-state index in [2.05, 4.69) is 28.3 Å². The molecule has 2 heterocycles. The number of hydrazine groups is 1. The normalized spacial score (nSPS) is 29.8. The first-order chi connectivity index (χ1) is 12.3. The molecule has 3 atom stereocenters. The molecule has 1 aromatic rings. The maximum absolute atomic E-state index is 12.5. The highest BCUT2D eigenvalue weighted by molar-refractivity contribution is 5.94. The number of piperazine rings is 1. The van der Waals surface area contributed by atoms with Gasteiger partial charge >= 0.3 is 0 Å². The Balaban J connectivity index is 1.38. The van der Waals surface area contributed by atoms with Crippen LogP contribution in [0.2, 0.25) is 0 Å². The molecule has 1 saturated carbocycles. The molecule has 2 saturated heterocycles. The fraction of sp³-hybridized carbons (Fsp3) is 0.550. The van der Waals surface area contributed by atoms with Crippen molar-refractivity contribution < 1.29 is 4.79 Å². The molecule has 3 N–H and O–H groups in total. The summed E-state index contributed by atoms with van der Waals surface area (Å²) < 4.78 is 0. The van der Waals surface area contributed by atoms with Crippen LogP contribution in [-0.2, 0) is 0 Å². The summed E-state index contributed by atoms with van der Waals surface area (Å²) in [7, 11) is 0. The van der Waals surface area contributed by atoms with Crippen LogP contribution in [0.25, 0.3) is 6.08 Å². The quantitative estimate of drug-likeness (QED) is 0.785. The van der Waals surface area contributed by atoms with E-state index in [9.17, 15) is 4.79 Å². The Hall–Kier alpha value is -1.69. The Kier molecular flexibility index (Phi) is 5.15. The smallest absolute Gasteiger partial charge is 0.253 e. The maximum Gasteiger partial charge on any atom is 0.253 e. The zero-order valence-corrected chi connectivity index (χ0v) is 14.7. The van der Waals surface area contributed by atoms with Gasteiger partial charge in [0.1, 0.15) is 0 Å². The van der Waals surface area contributed by atoms with Gasteiger partial charge in [-0.15, -0.1) is 0 Å². The molecule has 0 spiro atoms. The minimum atomic E-state index is 0.142. The monoisotopic (exact) mass is 340 g/mol. The van der Waals surface area contributed by atoms with Crippen molar-refractivity contribution in [1.29, 1.82) is 0 Å². The fourth-order valence-corrected chi connectivity index (χ4v) is 4.27. The zero-order chi connectivity index (χ0) is 17.1. The SMILES string of the molecule is O=C(c1ccc(C=CC2NNC3CCCCC23)cc1)N1CCNCC1. The standard InChI is InChI=1S/C20H28N4O/c25-20(24-13-11-21-12-14-24)16-8-5-15(6-9-16)7-10-19-17-3-1-2-4-18(17)22-23-19/h5-10,17-19,21-23H,1-4,11-14H2. The Bertz CT molecular complexity index is 621. The average molecular weight is 340 g/mol. The Labute approximate surface area is 149 Å². The zero-order valence-electron chi connectivity index (χ0n) is 14.7. The van der Waals surface area contributed by atoms with E-state index in [0.29, 0.717) is 18.0 Å². The number of rotatable bonds is 3. The molecule has 25 heavy (non-hydrogen) atoms. The van der Waals surface area contributed by atoms with Gasteiger partial charge in [0, 0.05) is 43.8 Å². The number of fused-ring (bicyclic) bond motifs is 1. The van der Waals surface area contributed by atoms with Gasteiger partial charge in [-0.2, -0.15) is 0 Å². The molecule has 3 fully saturated rings. The molecule has 1 aromatic carbocycles. The third kappa shape index (κ3) is 3.78. The number of amides is 1. The number of hydrogen-bond acceptors (Lipinski definition) is 4. The molecule has 0 radical (unpaired) electrons. The Morgan fingerprint density at radius 2 is 1.80 bits per heavy atom. The van der Waals surface area contributed by atoms with E-state index in [1.54, 1.807) is 0 Å². The van der Waals surface area contributed by atoms with Crippen molar-refractivity contribution in [2.45, 2.75) is 37.8 Å². The van der Waals surface area contributed by atoms with Crippen molar-refractivity contribution in [2.24, 2.45) is 5.92 Å². The maximum atomic E-state index is 12.5. The van der Waals surface area contributed by atoms with Crippen LogP contribution in [-0.4, -0.2) is 49.1 Å². The van der Waals surface area contributed by atoms with Crippen LogP contribution < -0.4 is 16.2 Å². The van der Waals surface area contributed by atoms with E-state index < -0.39 is 0 Å². The van der Waals surface area contributed by atoms with Gasteiger partial charge in [-0.1, -0.05) is 37.1 Å². The molecular formula is C20H28N4O. The third-order valence-corrected chi connectivity index (χ3v) is 5.77. The number of carbonyl (C=O) groups excluding carboxylic acids is 1. The summed E-state index contributed by atoms with van der Waals surface area (Å²) >= 11 is 0. The summed E-state index contributed by atoms with van der Waals surface area (Å²) in [5.74, 6) is 0.849. The van der Waals surface area contributed by atoms with Crippen molar-refractivity contribution in [1.82, 2.24) is 21.1 Å². The molecule has 1 aliphatic carbocycles. The summed E-state index contributed by atoms with van der Waals surface area (Å²) in [6.07, 6.45) is 9.72. The lowest BCUT2D eigenvalue weighted by atomic mass is 9.81. The molecule has 5 nitrogen and oxygen atoms in total. The van der Waals surface area contributed by atoms with E-state index in [1.165, 1.54) is 25.7 Å². The molecular weight excluding hydrogens is 312 g/mol. The van der Waals surface area contributed by atoms with Crippen LogP contribution in [0.5, 0.6) is 0 Å². The number of nitrogens with zero attached hydrogens (tertiary/aromatic N) is 1. The highest BCUT2D eigenvalue weighted by Crippen LogP contribution is 2.30. The van der Waals surface area contributed by atoms with Crippen LogP contribution in [0.3, 0.4) is 0 Å². The van der Waals surface area contributed by atoms with Crippen LogP contribution in [0, 0.1) is 5.92 Å². The van der Waals surface area contributed by atoms with E-state index in [-0.39, 0.29) is 5.91 Å². The lowest BCUT2D eigenvalue weighted by Crippen LogP contribution is -2.46. The lowest BCUT2D eigenvalue weighted by molar-refractivity contribution is 0.0736. The molecule has 3 aliphatic rings. The van der Waals surface area contributed by atoms with Crippen LogP contribution in [0.4, 0.5) is 0 Å². The van der Waals surface area contributed by atoms with Gasteiger partial charge in [-0.3, -0.25) is 15.6 Å². The van der Waals surface area contributed by atoms with E-state index >= 15 is 0 Å². The second kappa shape index (κ2) is 7.68. The highest BCUT2D eigenvalue weighted by atomic mass is 16.2. The second-order valence-electron chi connectivity index (χ2n) is 7.39. The second-order valence-corrected chi connectivity index (χ2v) is 7.39. The molecule has 0 bridgehead atoms. The molecule has 4 rings (SSSR count). The first kappa shape index (κ1) is 16.8. The summed E-state index contributed by atoms with van der Waals surface area (Å²) in [5.41, 5.74) is 8.82. The van der Waals surface area contributed by atoms with E-state index in [0.717, 1.165) is 37.3 Å². The predicted molar refractivity (Wildman–Crippen MR) is 100 cm³/mol. The van der Waals surface area contributed by atoms with Crippen LogP contribution >= 0.6 is 0 Å². The summed E-state index contributed by atoms with van der Waals surface area (Å²) in [4.78, 5) is 14.4. The predicted octanol–water partition coefficient (Wildman–Crippen LogP) is 1.78. The minimum Gasteiger partial charge on any atom is -0.336 e. The molecule has 134 valence electrons. The van der Waals surface area contributed by atoms with Gasteiger partial charge in [0.05, 0.1) is 0 Å². The van der Waals surface area contributed by atoms with E-state index in [1.807, 2.05) is 29.2 Å². The van der Waals surface area contributed by atoms with Gasteiger partial charge in [0.25, 0.3) is 5.91 Å². The number of carbonyl (C=O) groups is 1. The van der Waals surface area contributed by atoms with Crippen LogP contribution in [0.1, 0.15) is 41.6 Å². The Morgan fingerprint density at radius 1 is 1.04 bits per heavy atom. The largest absolute Gasteiger partial charge is 0.336 e. The first-order valence-electron chi connectivity index (χ1n) is 9.60. The van der Waals surface area contributed by atoms with Crippen molar-refractivity contribution in [3.63, 3.8) is 0 Å².